The third-order valence-corrected chi connectivity index (χ3v) is 2.72. The van der Waals surface area contributed by atoms with Crippen LogP contribution in [0.5, 0.6) is 5.75 Å². The Kier molecular flexibility index (Phi) is 2.99. The van der Waals surface area contributed by atoms with Crippen molar-refractivity contribution < 1.29 is 4.74 Å². The Morgan fingerprint density at radius 1 is 1.50 bits per heavy atom. The summed E-state index contributed by atoms with van der Waals surface area (Å²) in [5, 5.41) is 3.50. The van der Waals surface area contributed by atoms with Crippen molar-refractivity contribution >= 4 is 0 Å². The van der Waals surface area contributed by atoms with Crippen LogP contribution in [0, 0.1) is 0 Å². The summed E-state index contributed by atoms with van der Waals surface area (Å²) in [4.78, 5) is 4.06. The molecule has 0 aliphatic carbocycles. The minimum Gasteiger partial charge on any atom is -0.495 e. The first-order chi connectivity index (χ1) is 6.92. The maximum absolute atomic E-state index is 5.30. The highest BCUT2D eigenvalue weighted by atomic mass is 16.5. The largest absolute Gasteiger partial charge is 0.495 e. The molecule has 3 nitrogen and oxygen atoms in total. The van der Waals surface area contributed by atoms with E-state index in [1.54, 1.807) is 13.3 Å². The molecule has 0 radical (unpaired) electrons. The van der Waals surface area contributed by atoms with Crippen LogP contribution < -0.4 is 10.1 Å². The number of hydrogen-bond donors (Lipinski definition) is 1. The predicted molar refractivity (Wildman–Crippen MR) is 55.4 cm³/mol. The van der Waals surface area contributed by atoms with Gasteiger partial charge in [0.1, 0.15) is 5.75 Å². The summed E-state index contributed by atoms with van der Waals surface area (Å²) < 4.78 is 5.30. The van der Waals surface area contributed by atoms with Crippen LogP contribution in [-0.2, 0) is 0 Å². The molecular weight excluding hydrogens is 176 g/mol. The molecule has 1 atom stereocenters. The van der Waals surface area contributed by atoms with E-state index in [4.69, 9.17) is 4.74 Å². The van der Waals surface area contributed by atoms with Gasteiger partial charge in [0.15, 0.2) is 0 Å². The molecule has 0 bridgehead atoms. The van der Waals surface area contributed by atoms with Gasteiger partial charge in [-0.15, -0.1) is 0 Å². The molecule has 1 saturated heterocycles. The van der Waals surface area contributed by atoms with Crippen molar-refractivity contribution in [2.45, 2.75) is 25.3 Å². The zero-order chi connectivity index (χ0) is 9.80. The molecule has 1 aliphatic rings. The fourth-order valence-corrected chi connectivity index (χ4v) is 1.97. The topological polar surface area (TPSA) is 34.1 Å². The fourth-order valence-electron chi connectivity index (χ4n) is 1.97. The third kappa shape index (κ3) is 1.87. The summed E-state index contributed by atoms with van der Waals surface area (Å²) in [7, 11) is 1.70. The van der Waals surface area contributed by atoms with Crippen LogP contribution in [0.25, 0.3) is 0 Å². The minimum atomic E-state index is 0.446. The molecule has 1 N–H and O–H groups in total. The Morgan fingerprint density at radius 3 is 3.14 bits per heavy atom. The van der Waals surface area contributed by atoms with E-state index in [1.165, 1.54) is 24.8 Å². The molecule has 3 heteroatoms. The van der Waals surface area contributed by atoms with Crippen molar-refractivity contribution in [1.29, 1.82) is 0 Å². The van der Waals surface area contributed by atoms with Gasteiger partial charge in [0.05, 0.1) is 13.3 Å². The zero-order valence-corrected chi connectivity index (χ0v) is 8.49. The van der Waals surface area contributed by atoms with E-state index >= 15 is 0 Å². The molecule has 2 rings (SSSR count). The lowest BCUT2D eigenvalue weighted by Crippen LogP contribution is -2.27. The highest BCUT2D eigenvalue weighted by molar-refractivity contribution is 5.32. The smallest absolute Gasteiger partial charge is 0.141 e. The molecule has 2 heterocycles. The highest BCUT2D eigenvalue weighted by Gasteiger charge is 2.17. The molecule has 1 fully saturated rings. The van der Waals surface area contributed by atoms with Gasteiger partial charge in [-0.2, -0.15) is 0 Å². The lowest BCUT2D eigenvalue weighted by molar-refractivity contribution is 0.372. The van der Waals surface area contributed by atoms with Gasteiger partial charge in [-0.1, -0.05) is 6.42 Å². The second-order valence-corrected chi connectivity index (χ2v) is 3.62. The van der Waals surface area contributed by atoms with Crippen molar-refractivity contribution in [1.82, 2.24) is 10.3 Å². The fraction of sp³-hybridized carbons (Fsp3) is 0.545. The number of nitrogens with zero attached hydrogens (tertiary/aromatic N) is 1. The van der Waals surface area contributed by atoms with Gasteiger partial charge in [0, 0.05) is 17.8 Å². The lowest BCUT2D eigenvalue weighted by Gasteiger charge is -2.24. The first-order valence-corrected chi connectivity index (χ1v) is 5.13. The van der Waals surface area contributed by atoms with Gasteiger partial charge in [0.2, 0.25) is 0 Å². The standard InChI is InChI=1S/C11H16N2O/c1-14-11-8-12-7-5-9(11)10-4-2-3-6-13-10/h5,7-8,10,13H,2-4,6H2,1H3. The maximum atomic E-state index is 5.30. The number of nitrogens with one attached hydrogen (secondary N) is 1. The van der Waals surface area contributed by atoms with E-state index in [9.17, 15) is 0 Å². The van der Waals surface area contributed by atoms with Crippen LogP contribution in [0.15, 0.2) is 18.5 Å². The molecule has 1 aliphatic heterocycles. The summed E-state index contributed by atoms with van der Waals surface area (Å²) in [6, 6.07) is 2.49. The van der Waals surface area contributed by atoms with Gasteiger partial charge < -0.3 is 10.1 Å². The van der Waals surface area contributed by atoms with Crippen molar-refractivity contribution in [3.8, 4) is 5.75 Å². The van der Waals surface area contributed by atoms with Crippen molar-refractivity contribution in [2.24, 2.45) is 0 Å². The predicted octanol–water partition coefficient (Wildman–Crippen LogP) is 1.90. The van der Waals surface area contributed by atoms with E-state index in [0.717, 1.165) is 12.3 Å². The Labute approximate surface area is 84.5 Å². The van der Waals surface area contributed by atoms with E-state index in [1.807, 2.05) is 12.3 Å². The summed E-state index contributed by atoms with van der Waals surface area (Å²) in [5.41, 5.74) is 1.24. The SMILES string of the molecule is COc1cnccc1C1CCCCN1. The average Bonchev–Trinajstić information content (AvgIpc) is 2.30. The Bertz CT molecular complexity index is 295. The van der Waals surface area contributed by atoms with Gasteiger partial charge in [-0.25, -0.2) is 0 Å². The number of aromatic nitrogens is 1. The van der Waals surface area contributed by atoms with Gasteiger partial charge >= 0.3 is 0 Å². The van der Waals surface area contributed by atoms with E-state index in [-0.39, 0.29) is 0 Å². The summed E-state index contributed by atoms with van der Waals surface area (Å²) in [6.07, 6.45) is 7.38. The molecular formula is C11H16N2O. The van der Waals surface area contributed by atoms with Crippen LogP contribution in [0.2, 0.25) is 0 Å². The quantitative estimate of drug-likeness (QED) is 0.777. The van der Waals surface area contributed by atoms with Crippen LogP contribution in [0.4, 0.5) is 0 Å². The lowest BCUT2D eigenvalue weighted by atomic mass is 9.98. The summed E-state index contributed by atoms with van der Waals surface area (Å²) in [5.74, 6) is 0.895. The number of rotatable bonds is 2. The Morgan fingerprint density at radius 2 is 2.43 bits per heavy atom. The molecule has 1 unspecified atom stereocenters. The van der Waals surface area contributed by atoms with Crippen LogP contribution in [-0.4, -0.2) is 18.6 Å². The number of ether oxygens (including phenoxy) is 1. The Hall–Kier alpha value is -1.09. The number of methoxy groups -OCH3 is 1. The molecule has 0 spiro atoms. The van der Waals surface area contributed by atoms with Gasteiger partial charge in [-0.3, -0.25) is 4.98 Å². The van der Waals surface area contributed by atoms with E-state index in [0.29, 0.717) is 6.04 Å². The molecule has 76 valence electrons. The Balaban J connectivity index is 2.20. The summed E-state index contributed by atoms with van der Waals surface area (Å²) in [6.45, 7) is 1.11. The van der Waals surface area contributed by atoms with Crippen LogP contribution in [0.1, 0.15) is 30.9 Å². The van der Waals surface area contributed by atoms with Crippen LogP contribution in [0.3, 0.4) is 0 Å². The van der Waals surface area contributed by atoms with Gasteiger partial charge in [-0.05, 0) is 25.5 Å². The van der Waals surface area contributed by atoms with E-state index < -0.39 is 0 Å². The highest BCUT2D eigenvalue weighted by Crippen LogP contribution is 2.29. The number of hydrogen-bond acceptors (Lipinski definition) is 3. The van der Waals surface area contributed by atoms with Crippen molar-refractivity contribution in [3.05, 3.63) is 24.0 Å². The normalized spacial score (nSPS) is 21.9. The molecule has 14 heavy (non-hydrogen) atoms. The molecule has 0 aromatic carbocycles. The van der Waals surface area contributed by atoms with Gasteiger partial charge in [0.25, 0.3) is 0 Å². The zero-order valence-electron chi connectivity index (χ0n) is 8.49. The van der Waals surface area contributed by atoms with E-state index in [2.05, 4.69) is 10.3 Å². The maximum Gasteiger partial charge on any atom is 0.141 e. The second-order valence-electron chi connectivity index (χ2n) is 3.62. The van der Waals surface area contributed by atoms with Crippen LogP contribution >= 0.6 is 0 Å². The molecule has 0 amide bonds. The first-order valence-electron chi connectivity index (χ1n) is 5.13. The second kappa shape index (κ2) is 4.42. The van der Waals surface area contributed by atoms with Crippen molar-refractivity contribution in [2.75, 3.05) is 13.7 Å². The average molecular weight is 192 g/mol. The molecule has 1 aromatic heterocycles. The molecule has 1 aromatic rings. The minimum absolute atomic E-state index is 0.446. The number of pyridine rings is 1. The first kappa shape index (κ1) is 9.46. The molecule has 0 saturated carbocycles. The van der Waals surface area contributed by atoms with Crippen molar-refractivity contribution in [3.63, 3.8) is 0 Å². The monoisotopic (exact) mass is 192 g/mol. The summed E-state index contributed by atoms with van der Waals surface area (Å²) >= 11 is 0. The third-order valence-electron chi connectivity index (χ3n) is 2.72. The number of piperidine rings is 1.